The molecule has 104 valence electrons. The number of rotatable bonds is 4. The van der Waals surface area contributed by atoms with Crippen LogP contribution < -0.4 is 11.1 Å². The van der Waals surface area contributed by atoms with Crippen LogP contribution in [0.4, 0.5) is 14.5 Å². The number of amides is 1. The van der Waals surface area contributed by atoms with Crippen LogP contribution in [0.3, 0.4) is 0 Å². The van der Waals surface area contributed by atoms with Gasteiger partial charge in [0.05, 0.1) is 17.3 Å². The zero-order valence-electron chi connectivity index (χ0n) is 10.4. The number of carboxylic acid groups (broad SMARTS) is 1. The van der Waals surface area contributed by atoms with Crippen LogP contribution in [0.15, 0.2) is 12.1 Å². The maximum absolute atomic E-state index is 13.4. The van der Waals surface area contributed by atoms with Crippen molar-refractivity contribution in [1.82, 2.24) is 0 Å². The molecule has 1 aromatic rings. The second kappa shape index (κ2) is 5.75. The van der Waals surface area contributed by atoms with Gasteiger partial charge in [-0.05, 0) is 12.0 Å². The number of carboxylic acids is 1. The normalized spacial score (nSPS) is 12.3. The number of benzene rings is 1. The summed E-state index contributed by atoms with van der Waals surface area (Å²) in [4.78, 5) is 22.3. The first-order valence-corrected chi connectivity index (χ1v) is 5.52. The largest absolute Gasteiger partial charge is 0.478 e. The summed E-state index contributed by atoms with van der Waals surface area (Å²) < 4.78 is 26.6. The summed E-state index contributed by atoms with van der Waals surface area (Å²) in [7, 11) is 0. The molecule has 0 aliphatic heterocycles. The number of nitrogens with one attached hydrogen (secondary N) is 1. The van der Waals surface area contributed by atoms with E-state index >= 15 is 0 Å². The first-order chi connectivity index (χ1) is 8.73. The predicted molar refractivity (Wildman–Crippen MR) is 64.8 cm³/mol. The van der Waals surface area contributed by atoms with E-state index in [0.29, 0.717) is 6.07 Å². The zero-order chi connectivity index (χ0) is 14.7. The lowest BCUT2D eigenvalue weighted by Crippen LogP contribution is -2.40. The third-order valence-electron chi connectivity index (χ3n) is 2.57. The summed E-state index contributed by atoms with van der Waals surface area (Å²) in [6, 6.07) is 0.246. The molecule has 0 fully saturated rings. The van der Waals surface area contributed by atoms with Gasteiger partial charge in [-0.25, -0.2) is 13.6 Å². The number of hydrogen-bond donors (Lipinski definition) is 3. The van der Waals surface area contributed by atoms with Gasteiger partial charge in [-0.2, -0.15) is 0 Å². The molecule has 1 rings (SSSR count). The Balaban J connectivity index is 3.05. The summed E-state index contributed by atoms with van der Waals surface area (Å²) in [6.07, 6.45) is 0. The molecule has 0 bridgehead atoms. The van der Waals surface area contributed by atoms with Crippen LogP contribution in [0.25, 0.3) is 0 Å². The SMILES string of the molecule is CC(C)[C@@H](N)C(=O)Nc1cc(C(=O)O)c(F)cc1F. The van der Waals surface area contributed by atoms with Gasteiger partial charge in [-0.1, -0.05) is 13.8 Å². The first kappa shape index (κ1) is 15.0. The van der Waals surface area contributed by atoms with Gasteiger partial charge in [0.1, 0.15) is 11.6 Å². The summed E-state index contributed by atoms with van der Waals surface area (Å²) in [5, 5.41) is 10.9. The summed E-state index contributed by atoms with van der Waals surface area (Å²) in [5.41, 5.74) is 4.42. The fourth-order valence-corrected chi connectivity index (χ4v) is 1.33. The molecule has 0 saturated carbocycles. The predicted octanol–water partition coefficient (Wildman–Crippen LogP) is 1.58. The highest BCUT2D eigenvalue weighted by molar-refractivity contribution is 5.96. The second-order valence-corrected chi connectivity index (χ2v) is 4.38. The molecule has 5 nitrogen and oxygen atoms in total. The number of aromatic carboxylic acids is 1. The standard InChI is InChI=1S/C12H14F2N2O3/c1-5(2)10(15)11(17)16-9-3-6(12(18)19)7(13)4-8(9)14/h3-5,10H,15H2,1-2H3,(H,16,17)(H,18,19)/t10-/m1/s1. The van der Waals surface area contributed by atoms with Crippen LogP contribution in [-0.4, -0.2) is 23.0 Å². The van der Waals surface area contributed by atoms with E-state index in [0.717, 1.165) is 6.07 Å². The maximum Gasteiger partial charge on any atom is 0.338 e. The van der Waals surface area contributed by atoms with E-state index in [1.165, 1.54) is 0 Å². The van der Waals surface area contributed by atoms with Crippen molar-refractivity contribution in [2.24, 2.45) is 11.7 Å². The quantitative estimate of drug-likeness (QED) is 0.776. The van der Waals surface area contributed by atoms with E-state index in [4.69, 9.17) is 10.8 Å². The van der Waals surface area contributed by atoms with Crippen LogP contribution in [0.2, 0.25) is 0 Å². The number of halogens is 2. The molecule has 1 atom stereocenters. The summed E-state index contributed by atoms with van der Waals surface area (Å²) >= 11 is 0. The number of carbonyl (C=O) groups is 2. The van der Waals surface area contributed by atoms with Crippen LogP contribution in [0, 0.1) is 17.6 Å². The fraction of sp³-hybridized carbons (Fsp3) is 0.333. The van der Waals surface area contributed by atoms with Crippen molar-refractivity contribution in [3.8, 4) is 0 Å². The van der Waals surface area contributed by atoms with Gasteiger partial charge in [-0.3, -0.25) is 4.79 Å². The average Bonchev–Trinajstić information content (AvgIpc) is 2.30. The Morgan fingerprint density at radius 2 is 1.84 bits per heavy atom. The molecule has 4 N–H and O–H groups in total. The Morgan fingerprint density at radius 1 is 1.26 bits per heavy atom. The first-order valence-electron chi connectivity index (χ1n) is 5.52. The van der Waals surface area contributed by atoms with Crippen molar-refractivity contribution in [2.45, 2.75) is 19.9 Å². The van der Waals surface area contributed by atoms with Gasteiger partial charge in [-0.15, -0.1) is 0 Å². The molecule has 0 radical (unpaired) electrons. The number of carbonyl (C=O) groups excluding carboxylic acids is 1. The van der Waals surface area contributed by atoms with Gasteiger partial charge in [0, 0.05) is 6.07 Å². The summed E-state index contributed by atoms with van der Waals surface area (Å²) in [5.74, 6) is -4.68. The minimum atomic E-state index is -1.55. The fourth-order valence-electron chi connectivity index (χ4n) is 1.33. The van der Waals surface area contributed by atoms with Crippen molar-refractivity contribution in [2.75, 3.05) is 5.32 Å². The van der Waals surface area contributed by atoms with Crippen molar-refractivity contribution in [1.29, 1.82) is 0 Å². The Bertz CT molecular complexity index is 518. The molecule has 0 aromatic heterocycles. The molecule has 0 heterocycles. The van der Waals surface area contributed by atoms with Crippen molar-refractivity contribution in [3.05, 3.63) is 29.3 Å². The van der Waals surface area contributed by atoms with Crippen molar-refractivity contribution >= 4 is 17.6 Å². The Kier molecular flexibility index (Phi) is 4.55. The van der Waals surface area contributed by atoms with E-state index in [2.05, 4.69) is 5.32 Å². The molecule has 19 heavy (non-hydrogen) atoms. The Hall–Kier alpha value is -2.02. The van der Waals surface area contributed by atoms with Crippen LogP contribution in [0.5, 0.6) is 0 Å². The highest BCUT2D eigenvalue weighted by atomic mass is 19.1. The smallest absolute Gasteiger partial charge is 0.338 e. The van der Waals surface area contributed by atoms with E-state index in [9.17, 15) is 18.4 Å². The van der Waals surface area contributed by atoms with E-state index < -0.39 is 40.8 Å². The van der Waals surface area contributed by atoms with Crippen LogP contribution in [0.1, 0.15) is 24.2 Å². The minimum Gasteiger partial charge on any atom is -0.478 e. The molecule has 0 aliphatic carbocycles. The molecule has 0 unspecified atom stereocenters. The number of nitrogens with two attached hydrogens (primary N) is 1. The Morgan fingerprint density at radius 3 is 2.32 bits per heavy atom. The molecular formula is C12H14F2N2O3. The lowest BCUT2D eigenvalue weighted by Gasteiger charge is -2.16. The molecule has 1 amide bonds. The van der Waals surface area contributed by atoms with E-state index in [1.54, 1.807) is 13.8 Å². The van der Waals surface area contributed by atoms with Gasteiger partial charge in [0.25, 0.3) is 0 Å². The topological polar surface area (TPSA) is 92.4 Å². The minimum absolute atomic E-state index is 0.178. The molecular weight excluding hydrogens is 258 g/mol. The lowest BCUT2D eigenvalue weighted by atomic mass is 10.0. The monoisotopic (exact) mass is 272 g/mol. The second-order valence-electron chi connectivity index (χ2n) is 4.38. The average molecular weight is 272 g/mol. The number of hydrogen-bond acceptors (Lipinski definition) is 3. The van der Waals surface area contributed by atoms with Crippen LogP contribution in [-0.2, 0) is 4.79 Å². The van der Waals surface area contributed by atoms with E-state index in [-0.39, 0.29) is 5.92 Å². The molecule has 1 aromatic carbocycles. The molecule has 0 aliphatic rings. The van der Waals surface area contributed by atoms with Crippen LogP contribution >= 0.6 is 0 Å². The van der Waals surface area contributed by atoms with Gasteiger partial charge >= 0.3 is 5.97 Å². The third kappa shape index (κ3) is 3.47. The van der Waals surface area contributed by atoms with Gasteiger partial charge in [0.15, 0.2) is 0 Å². The zero-order valence-corrected chi connectivity index (χ0v) is 10.4. The maximum atomic E-state index is 13.4. The summed E-state index contributed by atoms with van der Waals surface area (Å²) in [6.45, 7) is 3.40. The van der Waals surface area contributed by atoms with E-state index in [1.807, 2.05) is 0 Å². The number of anilines is 1. The highest BCUT2D eigenvalue weighted by Gasteiger charge is 2.21. The molecule has 0 saturated heterocycles. The Labute approximate surface area is 108 Å². The van der Waals surface area contributed by atoms with Gasteiger partial charge < -0.3 is 16.2 Å². The molecule has 7 heteroatoms. The highest BCUT2D eigenvalue weighted by Crippen LogP contribution is 2.20. The molecule has 0 spiro atoms. The van der Waals surface area contributed by atoms with Crippen molar-refractivity contribution in [3.63, 3.8) is 0 Å². The lowest BCUT2D eigenvalue weighted by molar-refractivity contribution is -0.118. The third-order valence-corrected chi connectivity index (χ3v) is 2.57. The van der Waals surface area contributed by atoms with Crippen molar-refractivity contribution < 1.29 is 23.5 Å². The van der Waals surface area contributed by atoms with Gasteiger partial charge in [0.2, 0.25) is 5.91 Å².